The van der Waals surface area contributed by atoms with Crippen molar-refractivity contribution in [2.24, 2.45) is 0 Å². The minimum absolute atomic E-state index is 0.673. The number of hydrogen-bond donors (Lipinski definition) is 1. The number of fused-ring (bicyclic) bond motifs is 1. The Morgan fingerprint density at radius 3 is 2.85 bits per heavy atom. The van der Waals surface area contributed by atoms with Crippen LogP contribution in [-0.4, -0.2) is 11.0 Å². The minimum atomic E-state index is 0.673. The molecular weight excluding hydrogens is 248 g/mol. The Morgan fingerprint density at radius 1 is 1.10 bits per heavy atom. The van der Waals surface area contributed by atoms with Crippen LogP contribution in [0.4, 0.5) is 0 Å². The summed E-state index contributed by atoms with van der Waals surface area (Å²) in [4.78, 5) is 4.37. The van der Waals surface area contributed by atoms with Crippen LogP contribution < -0.4 is 5.32 Å². The van der Waals surface area contributed by atoms with Crippen LogP contribution in [0.25, 0.3) is 22.1 Å². The van der Waals surface area contributed by atoms with E-state index in [1.54, 1.807) is 6.39 Å². The molecule has 0 amide bonds. The van der Waals surface area contributed by atoms with Gasteiger partial charge in [-0.15, -0.1) is 0 Å². The Bertz CT molecular complexity index is 738. The molecule has 3 nitrogen and oxygen atoms in total. The summed E-state index contributed by atoms with van der Waals surface area (Å²) in [6.45, 7) is 0.778. The van der Waals surface area contributed by atoms with Gasteiger partial charge in [-0.05, 0) is 23.6 Å². The van der Waals surface area contributed by atoms with Crippen LogP contribution in [-0.2, 0) is 6.54 Å². The lowest BCUT2D eigenvalue weighted by molar-refractivity contribution is 0.570. The highest BCUT2D eigenvalue weighted by molar-refractivity contribution is 5.95. The van der Waals surface area contributed by atoms with Gasteiger partial charge in [-0.3, -0.25) is 0 Å². The molecule has 0 atom stereocenters. The normalized spacial score (nSPS) is 14.8. The first kappa shape index (κ1) is 11.7. The number of hydrogen-bond acceptors (Lipinski definition) is 3. The molecule has 1 aliphatic rings. The average Bonchev–Trinajstić information content (AvgIpc) is 3.21. The molecule has 0 radical (unpaired) electrons. The summed E-state index contributed by atoms with van der Waals surface area (Å²) in [5.41, 5.74) is 2.11. The van der Waals surface area contributed by atoms with Gasteiger partial charge in [0.25, 0.3) is 0 Å². The molecule has 1 aromatic heterocycles. The molecule has 100 valence electrons. The molecule has 1 saturated carbocycles. The first-order chi connectivity index (χ1) is 9.92. The number of nitrogens with zero attached hydrogens (tertiary/aromatic N) is 1. The van der Waals surface area contributed by atoms with Gasteiger partial charge in [0, 0.05) is 18.2 Å². The van der Waals surface area contributed by atoms with E-state index in [9.17, 15) is 0 Å². The zero-order chi connectivity index (χ0) is 13.4. The standard InChI is InChI=1S/C17H16N2O/c1-2-6-14-12(4-1)5-3-7-15(14)17-16(19-11-20-17)10-18-13-8-9-13/h1-7,11,13,18H,8-10H2. The summed E-state index contributed by atoms with van der Waals surface area (Å²) >= 11 is 0. The van der Waals surface area contributed by atoms with Gasteiger partial charge in [-0.1, -0.05) is 42.5 Å². The zero-order valence-corrected chi connectivity index (χ0v) is 11.2. The summed E-state index contributed by atoms with van der Waals surface area (Å²) < 4.78 is 5.66. The second-order valence-corrected chi connectivity index (χ2v) is 5.31. The molecule has 1 fully saturated rings. The highest BCUT2D eigenvalue weighted by Crippen LogP contribution is 2.31. The van der Waals surface area contributed by atoms with Gasteiger partial charge in [-0.25, -0.2) is 4.98 Å². The molecule has 3 heteroatoms. The fourth-order valence-electron chi connectivity index (χ4n) is 2.57. The van der Waals surface area contributed by atoms with Gasteiger partial charge in [-0.2, -0.15) is 0 Å². The Hall–Kier alpha value is -2.13. The second kappa shape index (κ2) is 4.76. The lowest BCUT2D eigenvalue weighted by atomic mass is 10.0. The van der Waals surface area contributed by atoms with Crippen LogP contribution in [0.2, 0.25) is 0 Å². The van der Waals surface area contributed by atoms with E-state index in [1.165, 1.54) is 23.6 Å². The van der Waals surface area contributed by atoms with Crippen molar-refractivity contribution in [3.8, 4) is 11.3 Å². The van der Waals surface area contributed by atoms with Gasteiger partial charge in [0.1, 0.15) is 5.69 Å². The third-order valence-electron chi connectivity index (χ3n) is 3.81. The number of rotatable bonds is 4. The van der Waals surface area contributed by atoms with Crippen molar-refractivity contribution in [2.75, 3.05) is 0 Å². The summed E-state index contributed by atoms with van der Waals surface area (Å²) in [5.74, 6) is 0.884. The number of benzene rings is 2. The smallest absolute Gasteiger partial charge is 0.181 e. The van der Waals surface area contributed by atoms with E-state index in [4.69, 9.17) is 4.42 Å². The number of nitrogens with one attached hydrogen (secondary N) is 1. The quantitative estimate of drug-likeness (QED) is 0.780. The summed E-state index contributed by atoms with van der Waals surface area (Å²) in [6.07, 6.45) is 4.10. The molecule has 3 aromatic rings. The summed E-state index contributed by atoms with van der Waals surface area (Å²) in [7, 11) is 0. The topological polar surface area (TPSA) is 38.1 Å². The molecule has 1 aliphatic carbocycles. The molecule has 0 unspecified atom stereocenters. The number of aromatic nitrogens is 1. The molecule has 2 aromatic carbocycles. The van der Waals surface area contributed by atoms with E-state index < -0.39 is 0 Å². The third-order valence-corrected chi connectivity index (χ3v) is 3.81. The molecule has 0 bridgehead atoms. The fourth-order valence-corrected chi connectivity index (χ4v) is 2.57. The van der Waals surface area contributed by atoms with Gasteiger partial charge >= 0.3 is 0 Å². The van der Waals surface area contributed by atoms with Crippen molar-refractivity contribution < 1.29 is 4.42 Å². The number of oxazole rings is 1. The first-order valence-corrected chi connectivity index (χ1v) is 7.06. The first-order valence-electron chi connectivity index (χ1n) is 7.06. The van der Waals surface area contributed by atoms with Crippen LogP contribution in [0.15, 0.2) is 53.3 Å². The lowest BCUT2D eigenvalue weighted by Crippen LogP contribution is -2.15. The van der Waals surface area contributed by atoms with Crippen molar-refractivity contribution in [2.45, 2.75) is 25.4 Å². The largest absolute Gasteiger partial charge is 0.443 e. The van der Waals surface area contributed by atoms with Crippen molar-refractivity contribution in [1.29, 1.82) is 0 Å². The molecule has 0 spiro atoms. The molecule has 4 rings (SSSR count). The van der Waals surface area contributed by atoms with Crippen molar-refractivity contribution in [3.05, 3.63) is 54.6 Å². The van der Waals surface area contributed by atoms with Gasteiger partial charge in [0.15, 0.2) is 12.2 Å². The lowest BCUT2D eigenvalue weighted by Gasteiger charge is -2.06. The Morgan fingerprint density at radius 2 is 1.95 bits per heavy atom. The van der Waals surface area contributed by atoms with Crippen molar-refractivity contribution in [1.82, 2.24) is 10.3 Å². The average molecular weight is 264 g/mol. The van der Waals surface area contributed by atoms with Gasteiger partial charge in [0.05, 0.1) is 0 Å². The van der Waals surface area contributed by atoms with Gasteiger partial charge < -0.3 is 9.73 Å². The summed E-state index contributed by atoms with van der Waals surface area (Å²) in [6, 6.07) is 15.3. The van der Waals surface area contributed by atoms with E-state index in [0.717, 1.165) is 23.6 Å². The Labute approximate surface area is 117 Å². The predicted octanol–water partition coefficient (Wildman–Crippen LogP) is 3.75. The summed E-state index contributed by atoms with van der Waals surface area (Å²) in [5, 5.41) is 5.93. The molecular formula is C17H16N2O. The van der Waals surface area contributed by atoms with E-state index in [1.807, 2.05) is 0 Å². The zero-order valence-electron chi connectivity index (χ0n) is 11.2. The van der Waals surface area contributed by atoms with Crippen LogP contribution in [0.3, 0.4) is 0 Å². The monoisotopic (exact) mass is 264 g/mol. The molecule has 1 N–H and O–H groups in total. The maximum atomic E-state index is 5.66. The second-order valence-electron chi connectivity index (χ2n) is 5.31. The van der Waals surface area contributed by atoms with Crippen LogP contribution >= 0.6 is 0 Å². The highest BCUT2D eigenvalue weighted by atomic mass is 16.3. The predicted molar refractivity (Wildman–Crippen MR) is 79.3 cm³/mol. The highest BCUT2D eigenvalue weighted by Gasteiger charge is 2.22. The van der Waals surface area contributed by atoms with Crippen LogP contribution in [0.1, 0.15) is 18.5 Å². The van der Waals surface area contributed by atoms with Gasteiger partial charge in [0.2, 0.25) is 0 Å². The van der Waals surface area contributed by atoms with Crippen LogP contribution in [0.5, 0.6) is 0 Å². The molecule has 0 saturated heterocycles. The third kappa shape index (κ3) is 2.10. The van der Waals surface area contributed by atoms with E-state index in [-0.39, 0.29) is 0 Å². The Kier molecular flexibility index (Phi) is 2.78. The van der Waals surface area contributed by atoms with Crippen LogP contribution in [0, 0.1) is 0 Å². The Balaban J connectivity index is 1.76. The SMILES string of the molecule is c1ccc2c(-c3ocnc3CNC3CC3)cccc2c1. The maximum Gasteiger partial charge on any atom is 0.181 e. The van der Waals surface area contributed by atoms with E-state index >= 15 is 0 Å². The van der Waals surface area contributed by atoms with E-state index in [0.29, 0.717) is 6.04 Å². The molecule has 1 heterocycles. The van der Waals surface area contributed by atoms with Crippen molar-refractivity contribution in [3.63, 3.8) is 0 Å². The van der Waals surface area contributed by atoms with Crippen molar-refractivity contribution >= 4 is 10.8 Å². The fraction of sp³-hybridized carbons (Fsp3) is 0.235. The van der Waals surface area contributed by atoms with E-state index in [2.05, 4.69) is 52.8 Å². The molecule has 0 aliphatic heterocycles. The minimum Gasteiger partial charge on any atom is -0.443 e. The maximum absolute atomic E-state index is 5.66. The molecule has 20 heavy (non-hydrogen) atoms.